The lowest BCUT2D eigenvalue weighted by molar-refractivity contribution is 0.271. The first-order valence-corrected chi connectivity index (χ1v) is 6.67. The first-order valence-electron chi connectivity index (χ1n) is 6.67. The van der Waals surface area contributed by atoms with Crippen LogP contribution in [0, 0.1) is 0 Å². The van der Waals surface area contributed by atoms with Crippen LogP contribution >= 0.6 is 0 Å². The average molecular weight is 225 g/mol. The molecule has 0 saturated heterocycles. The number of hydrogen-bond donors (Lipinski definition) is 1. The van der Waals surface area contributed by atoms with Crippen LogP contribution in [-0.4, -0.2) is 43.5 Å². The van der Waals surface area contributed by atoms with E-state index in [9.17, 15) is 0 Å². The summed E-state index contributed by atoms with van der Waals surface area (Å²) in [6, 6.07) is 0.648. The number of aliphatic imine (C=N–C) groups is 1. The Hall–Kier alpha value is -0.570. The van der Waals surface area contributed by atoms with Gasteiger partial charge in [-0.2, -0.15) is 0 Å². The van der Waals surface area contributed by atoms with E-state index in [0.717, 1.165) is 26.1 Å². The fraction of sp³-hybridized carbons (Fsp3) is 0.923. The van der Waals surface area contributed by atoms with Crippen LogP contribution < -0.4 is 5.32 Å². The summed E-state index contributed by atoms with van der Waals surface area (Å²) in [5.74, 6) is 1.24. The van der Waals surface area contributed by atoms with Crippen LogP contribution in [0.5, 0.6) is 0 Å². The summed E-state index contributed by atoms with van der Waals surface area (Å²) in [6.45, 7) is 7.73. The highest BCUT2D eigenvalue weighted by atomic mass is 15.1. The number of nitrogens with one attached hydrogen (secondary N) is 1. The van der Waals surface area contributed by atoms with Crippen LogP contribution in [0.25, 0.3) is 0 Å². The number of nitrogens with zero attached hydrogens (tertiary/aromatic N) is 2. The maximum atomic E-state index is 4.57. The molecule has 1 rings (SSSR count). The lowest BCUT2D eigenvalue weighted by Crippen LogP contribution is -2.31. The summed E-state index contributed by atoms with van der Waals surface area (Å²) in [5, 5.41) is 3.48. The van der Waals surface area contributed by atoms with Gasteiger partial charge in [0.25, 0.3) is 0 Å². The molecule has 0 aromatic carbocycles. The standard InChI is InChI=1S/C13H27N3/c1-12(2)16(3)11-7-10-15-13-8-5-4-6-9-14-13/h12H,4-11H2,1-3H3,(H,14,15). The summed E-state index contributed by atoms with van der Waals surface area (Å²) in [4.78, 5) is 6.95. The Kier molecular flexibility index (Phi) is 6.46. The van der Waals surface area contributed by atoms with Crippen LogP contribution in [0.2, 0.25) is 0 Å². The minimum Gasteiger partial charge on any atom is -0.374 e. The van der Waals surface area contributed by atoms with Crippen LogP contribution in [0.4, 0.5) is 0 Å². The second kappa shape index (κ2) is 7.66. The summed E-state index contributed by atoms with van der Waals surface area (Å²) in [5.41, 5.74) is 0. The van der Waals surface area contributed by atoms with E-state index in [1.54, 1.807) is 0 Å². The van der Waals surface area contributed by atoms with Gasteiger partial charge in [-0.3, -0.25) is 4.99 Å². The van der Waals surface area contributed by atoms with Gasteiger partial charge in [-0.15, -0.1) is 0 Å². The monoisotopic (exact) mass is 225 g/mol. The third-order valence-electron chi connectivity index (χ3n) is 3.27. The van der Waals surface area contributed by atoms with Crippen molar-refractivity contribution >= 4 is 5.84 Å². The van der Waals surface area contributed by atoms with Crippen LogP contribution in [-0.2, 0) is 0 Å². The van der Waals surface area contributed by atoms with E-state index in [1.165, 1.54) is 31.5 Å². The van der Waals surface area contributed by atoms with Crippen molar-refractivity contribution in [3.8, 4) is 0 Å². The van der Waals surface area contributed by atoms with E-state index < -0.39 is 0 Å². The summed E-state index contributed by atoms with van der Waals surface area (Å²) in [6.07, 6.45) is 6.26. The number of rotatable bonds is 5. The molecule has 94 valence electrons. The van der Waals surface area contributed by atoms with E-state index >= 15 is 0 Å². The number of amidine groups is 1. The maximum Gasteiger partial charge on any atom is 0.0963 e. The Morgan fingerprint density at radius 3 is 2.88 bits per heavy atom. The lowest BCUT2D eigenvalue weighted by atomic mass is 10.2. The molecule has 0 saturated carbocycles. The third kappa shape index (κ3) is 5.50. The average Bonchev–Trinajstić information content (AvgIpc) is 2.52. The molecule has 0 atom stereocenters. The van der Waals surface area contributed by atoms with E-state index in [2.05, 4.69) is 36.1 Å². The molecule has 1 N–H and O–H groups in total. The Labute approximate surface area is 100 Å². The van der Waals surface area contributed by atoms with Crippen molar-refractivity contribution in [1.82, 2.24) is 10.2 Å². The highest BCUT2D eigenvalue weighted by Gasteiger charge is 2.04. The van der Waals surface area contributed by atoms with E-state index in [1.807, 2.05) is 0 Å². The Balaban J connectivity index is 2.08. The minimum absolute atomic E-state index is 0.648. The van der Waals surface area contributed by atoms with Crippen molar-refractivity contribution in [2.24, 2.45) is 4.99 Å². The summed E-state index contributed by atoms with van der Waals surface area (Å²) >= 11 is 0. The molecular weight excluding hydrogens is 198 g/mol. The van der Waals surface area contributed by atoms with Crippen molar-refractivity contribution < 1.29 is 0 Å². The van der Waals surface area contributed by atoms with E-state index in [0.29, 0.717) is 6.04 Å². The fourth-order valence-electron chi connectivity index (χ4n) is 1.84. The summed E-state index contributed by atoms with van der Waals surface area (Å²) in [7, 11) is 2.19. The highest BCUT2D eigenvalue weighted by molar-refractivity contribution is 5.82. The fourth-order valence-corrected chi connectivity index (χ4v) is 1.84. The smallest absolute Gasteiger partial charge is 0.0963 e. The van der Waals surface area contributed by atoms with Gasteiger partial charge in [0.05, 0.1) is 5.84 Å². The van der Waals surface area contributed by atoms with Gasteiger partial charge in [0.1, 0.15) is 0 Å². The molecule has 0 unspecified atom stereocenters. The topological polar surface area (TPSA) is 27.6 Å². The normalized spacial score (nSPS) is 17.4. The van der Waals surface area contributed by atoms with Crippen LogP contribution in [0.1, 0.15) is 46.0 Å². The molecular formula is C13H27N3. The van der Waals surface area contributed by atoms with Gasteiger partial charge < -0.3 is 10.2 Å². The molecule has 0 aliphatic carbocycles. The SMILES string of the molecule is CC(C)N(C)CCCNC1=NCCCCC1. The quantitative estimate of drug-likeness (QED) is 0.727. The second-order valence-corrected chi connectivity index (χ2v) is 4.99. The van der Waals surface area contributed by atoms with Crippen molar-refractivity contribution in [3.05, 3.63) is 0 Å². The molecule has 1 aliphatic rings. The number of hydrogen-bond acceptors (Lipinski definition) is 3. The van der Waals surface area contributed by atoms with Crippen LogP contribution in [0.3, 0.4) is 0 Å². The van der Waals surface area contributed by atoms with Gasteiger partial charge in [-0.05, 0) is 46.7 Å². The third-order valence-corrected chi connectivity index (χ3v) is 3.27. The van der Waals surface area contributed by atoms with Crippen LogP contribution in [0.15, 0.2) is 4.99 Å². The zero-order chi connectivity index (χ0) is 11.8. The molecule has 0 bridgehead atoms. The molecule has 16 heavy (non-hydrogen) atoms. The molecule has 0 aromatic heterocycles. The van der Waals surface area contributed by atoms with Gasteiger partial charge in [0.2, 0.25) is 0 Å². The molecule has 0 amide bonds. The van der Waals surface area contributed by atoms with Gasteiger partial charge in [0, 0.05) is 25.6 Å². The van der Waals surface area contributed by atoms with Crippen molar-refractivity contribution in [1.29, 1.82) is 0 Å². The summed E-state index contributed by atoms with van der Waals surface area (Å²) < 4.78 is 0. The van der Waals surface area contributed by atoms with E-state index in [-0.39, 0.29) is 0 Å². The maximum absolute atomic E-state index is 4.57. The van der Waals surface area contributed by atoms with Gasteiger partial charge in [-0.25, -0.2) is 0 Å². The van der Waals surface area contributed by atoms with Crippen molar-refractivity contribution in [2.75, 3.05) is 26.7 Å². The second-order valence-electron chi connectivity index (χ2n) is 4.99. The lowest BCUT2D eigenvalue weighted by Gasteiger charge is -2.21. The predicted octanol–water partition coefficient (Wildman–Crippen LogP) is 2.28. The molecule has 1 heterocycles. The molecule has 3 heteroatoms. The first-order chi connectivity index (χ1) is 7.70. The van der Waals surface area contributed by atoms with E-state index in [4.69, 9.17) is 0 Å². The van der Waals surface area contributed by atoms with Crippen molar-refractivity contribution in [2.45, 2.75) is 52.0 Å². The zero-order valence-electron chi connectivity index (χ0n) is 11.1. The predicted molar refractivity (Wildman–Crippen MR) is 71.2 cm³/mol. The Bertz CT molecular complexity index is 211. The zero-order valence-corrected chi connectivity index (χ0v) is 11.1. The molecule has 0 spiro atoms. The first kappa shape index (κ1) is 13.5. The Morgan fingerprint density at radius 1 is 1.31 bits per heavy atom. The minimum atomic E-state index is 0.648. The largest absolute Gasteiger partial charge is 0.374 e. The highest BCUT2D eigenvalue weighted by Crippen LogP contribution is 2.05. The molecule has 3 nitrogen and oxygen atoms in total. The molecule has 0 aromatic rings. The molecule has 0 radical (unpaired) electrons. The van der Waals surface area contributed by atoms with Gasteiger partial charge >= 0.3 is 0 Å². The van der Waals surface area contributed by atoms with Gasteiger partial charge in [-0.1, -0.05) is 6.42 Å². The van der Waals surface area contributed by atoms with Gasteiger partial charge in [0.15, 0.2) is 0 Å². The molecule has 0 fully saturated rings. The van der Waals surface area contributed by atoms with Crippen molar-refractivity contribution in [3.63, 3.8) is 0 Å². The Morgan fingerprint density at radius 2 is 2.12 bits per heavy atom. The molecule has 1 aliphatic heterocycles.